The monoisotopic (exact) mass is 527 g/mol. The van der Waals surface area contributed by atoms with Crippen LogP contribution in [0, 0.1) is 6.92 Å². The summed E-state index contributed by atoms with van der Waals surface area (Å²) in [5, 5.41) is 23.0. The van der Waals surface area contributed by atoms with E-state index in [4.69, 9.17) is 0 Å². The van der Waals surface area contributed by atoms with E-state index in [1.54, 1.807) is 13.1 Å². The van der Waals surface area contributed by atoms with Gasteiger partial charge in [0.2, 0.25) is 0 Å². The van der Waals surface area contributed by atoms with E-state index in [0.717, 1.165) is 27.0 Å². The molecule has 1 atom stereocenters. The summed E-state index contributed by atoms with van der Waals surface area (Å²) in [5.74, 6) is -0.0309. The lowest BCUT2D eigenvalue weighted by Gasteiger charge is -2.38. The molecule has 196 valence electrons. The molecule has 5 rings (SSSR count). The van der Waals surface area contributed by atoms with Gasteiger partial charge in [-0.15, -0.1) is 0 Å². The number of hydrogen-bond donors (Lipinski definition) is 3. The number of nitrogens with one attached hydrogen (secondary N) is 1. The molecular weight excluding hydrogens is 494 g/mol. The van der Waals surface area contributed by atoms with Crippen LogP contribution in [0.2, 0.25) is 0 Å². The quantitative estimate of drug-likeness (QED) is 0.263. The van der Waals surface area contributed by atoms with Crippen LogP contribution in [0.15, 0.2) is 90.0 Å². The third-order valence-electron chi connectivity index (χ3n) is 7.22. The summed E-state index contributed by atoms with van der Waals surface area (Å²) in [7, 11) is -0.778. The summed E-state index contributed by atoms with van der Waals surface area (Å²) in [6.45, 7) is 4.80. The second-order valence-electron chi connectivity index (χ2n) is 9.96. The topological polar surface area (TPSA) is 85.7 Å². The number of anilines is 1. The molecule has 1 aromatic heterocycles. The van der Waals surface area contributed by atoms with Gasteiger partial charge >= 0.3 is 0 Å². The zero-order valence-corrected chi connectivity index (χ0v) is 22.5. The number of aryl methyl sites for hydroxylation is 1. The van der Waals surface area contributed by atoms with Gasteiger partial charge in [-0.1, -0.05) is 42.5 Å². The first-order valence-corrected chi connectivity index (χ1v) is 14.1. The van der Waals surface area contributed by atoms with Crippen molar-refractivity contribution in [3.05, 3.63) is 102 Å². The normalized spacial score (nSPS) is 16.2. The second-order valence-corrected chi connectivity index (χ2v) is 11.8. The molecule has 0 radical (unpaired) electrons. The number of carbonyl (C=O) groups excluding carboxylic acids is 1. The van der Waals surface area contributed by atoms with Crippen LogP contribution < -0.4 is 4.72 Å². The van der Waals surface area contributed by atoms with Crippen molar-refractivity contribution in [1.82, 2.24) is 9.88 Å². The Balaban J connectivity index is 1.25. The average molecular weight is 528 g/mol. The number of hydrogen-bond acceptors (Lipinski definition) is 4. The summed E-state index contributed by atoms with van der Waals surface area (Å²) in [4.78, 5) is 20.5. The molecule has 4 aromatic rings. The molecule has 0 aliphatic carbocycles. The Morgan fingerprint density at radius 1 is 1.00 bits per heavy atom. The second kappa shape index (κ2) is 11.1. The minimum Gasteiger partial charge on any atom is -0.389 e. The Bertz CT molecular complexity index is 1480. The zero-order valence-electron chi connectivity index (χ0n) is 21.7. The van der Waals surface area contributed by atoms with E-state index in [1.807, 2.05) is 71.6 Å². The molecule has 1 saturated heterocycles. The van der Waals surface area contributed by atoms with E-state index in [1.165, 1.54) is 5.56 Å². The van der Waals surface area contributed by atoms with E-state index < -0.39 is 16.3 Å². The van der Waals surface area contributed by atoms with Crippen LogP contribution in [0.25, 0.3) is 10.9 Å². The highest BCUT2D eigenvalue weighted by atomic mass is 32.2. The highest BCUT2D eigenvalue weighted by Crippen LogP contribution is 2.34. The lowest BCUT2D eigenvalue weighted by Crippen LogP contribution is -2.47. The van der Waals surface area contributed by atoms with Crippen LogP contribution in [0.5, 0.6) is 0 Å². The number of carbonyl (C=O) groups is 1. The molecule has 7 heteroatoms. The van der Waals surface area contributed by atoms with Crippen LogP contribution in [-0.4, -0.2) is 49.7 Å². The number of nitrogens with zero attached hydrogens (tertiary/aromatic N) is 2. The predicted molar refractivity (Wildman–Crippen MR) is 156 cm³/mol. The maximum absolute atomic E-state index is 13.2. The molecule has 2 heterocycles. The lowest BCUT2D eigenvalue weighted by molar-refractivity contribution is -0.0163. The van der Waals surface area contributed by atoms with E-state index in [-0.39, 0.29) is 11.0 Å². The van der Waals surface area contributed by atoms with Crippen molar-refractivity contribution >= 4 is 38.2 Å². The molecule has 3 aromatic carbocycles. The first kappa shape index (κ1) is 26.1. The molecule has 3 N–H and O–H groups in total. The number of piperidine rings is 1. The lowest BCUT2D eigenvalue weighted by atomic mass is 9.84. The maximum Gasteiger partial charge on any atom is 0.253 e. The molecule has 1 fully saturated rings. The highest BCUT2D eigenvalue weighted by molar-refractivity contribution is 8.17. The number of likely N-dealkylation sites (tertiary alicyclic amines) is 1. The Morgan fingerprint density at radius 3 is 2.42 bits per heavy atom. The van der Waals surface area contributed by atoms with Crippen molar-refractivity contribution in [3.63, 3.8) is 0 Å². The standard InChI is InChI=1S/C31H33N3O3S/c1-22-7-3-4-8-26(22)21-31(37)16-19-34(20-17-31)30(36)25-12-14-27(15-13-25)33-38(23(2)35)28-11-5-9-24-10-6-18-32-29(24)28/h3-15,18,33,35,37H,16-17,19-21H2,1-2H3. The molecule has 1 unspecified atom stereocenters. The van der Waals surface area contributed by atoms with Gasteiger partial charge in [-0.2, -0.15) is 0 Å². The van der Waals surface area contributed by atoms with E-state index in [9.17, 15) is 15.0 Å². The summed E-state index contributed by atoms with van der Waals surface area (Å²) in [5.41, 5.74) is 3.81. The Labute approximate surface area is 226 Å². The van der Waals surface area contributed by atoms with Crippen LogP contribution in [0.4, 0.5) is 5.69 Å². The summed E-state index contributed by atoms with van der Waals surface area (Å²) in [6, 6.07) is 25.4. The molecule has 38 heavy (non-hydrogen) atoms. The van der Waals surface area contributed by atoms with Gasteiger partial charge in [-0.05, 0) is 84.9 Å². The van der Waals surface area contributed by atoms with E-state index in [0.29, 0.717) is 37.9 Å². The number of aromatic nitrogens is 1. The van der Waals surface area contributed by atoms with Crippen LogP contribution in [0.1, 0.15) is 41.3 Å². The molecule has 0 bridgehead atoms. The van der Waals surface area contributed by atoms with Crippen molar-refractivity contribution in [2.45, 2.75) is 43.6 Å². The van der Waals surface area contributed by atoms with Gasteiger partial charge in [0.1, 0.15) is 0 Å². The molecule has 6 nitrogen and oxygen atoms in total. The van der Waals surface area contributed by atoms with Crippen LogP contribution in [-0.2, 0) is 6.42 Å². The Hall–Kier alpha value is -3.52. The van der Waals surface area contributed by atoms with E-state index >= 15 is 0 Å². The van der Waals surface area contributed by atoms with Gasteiger partial charge in [0, 0.05) is 47.2 Å². The maximum atomic E-state index is 13.2. The van der Waals surface area contributed by atoms with Crippen molar-refractivity contribution in [3.8, 4) is 0 Å². The van der Waals surface area contributed by atoms with Crippen LogP contribution in [0.3, 0.4) is 0 Å². The third-order valence-corrected chi connectivity index (χ3v) is 9.02. The number of benzene rings is 3. The van der Waals surface area contributed by atoms with Gasteiger partial charge in [-0.25, -0.2) is 0 Å². The predicted octanol–water partition coefficient (Wildman–Crippen LogP) is 6.12. The highest BCUT2D eigenvalue weighted by Gasteiger charge is 2.34. The molecule has 0 spiro atoms. The molecule has 0 saturated carbocycles. The molecule has 1 amide bonds. The number of aliphatic hydroxyl groups excluding tert-OH is 1. The fraction of sp³-hybridized carbons (Fsp3) is 0.258. The van der Waals surface area contributed by atoms with Gasteiger partial charge in [0.15, 0.2) is 0 Å². The minimum atomic E-state index is -0.790. The number of amides is 1. The van der Waals surface area contributed by atoms with Crippen LogP contribution >= 0.6 is 10.7 Å². The van der Waals surface area contributed by atoms with E-state index in [2.05, 4.69) is 28.8 Å². The van der Waals surface area contributed by atoms with Gasteiger partial charge in [0.25, 0.3) is 5.91 Å². The van der Waals surface area contributed by atoms with Gasteiger partial charge in [0.05, 0.1) is 16.2 Å². The van der Waals surface area contributed by atoms with Crippen molar-refractivity contribution in [1.29, 1.82) is 0 Å². The molecule has 1 aliphatic heterocycles. The number of fused-ring (bicyclic) bond motifs is 1. The third kappa shape index (κ3) is 5.65. The van der Waals surface area contributed by atoms with Gasteiger partial charge < -0.3 is 19.8 Å². The first-order chi connectivity index (χ1) is 18.3. The Kier molecular flexibility index (Phi) is 7.61. The van der Waals surface area contributed by atoms with Crippen molar-refractivity contribution < 1.29 is 15.0 Å². The fourth-order valence-corrected chi connectivity index (χ4v) is 6.50. The largest absolute Gasteiger partial charge is 0.389 e. The Morgan fingerprint density at radius 2 is 1.71 bits per heavy atom. The minimum absolute atomic E-state index is 0.0309. The average Bonchev–Trinajstić information content (AvgIpc) is 2.93. The molecular formula is C31H33N3O3S. The fourth-order valence-electron chi connectivity index (χ4n) is 4.98. The summed E-state index contributed by atoms with van der Waals surface area (Å²) < 4.78 is 3.41. The number of aliphatic hydroxyl groups is 2. The molecule has 1 aliphatic rings. The number of pyridine rings is 1. The summed E-state index contributed by atoms with van der Waals surface area (Å²) in [6.07, 6.45) is 3.47. The zero-order chi connectivity index (χ0) is 26.7. The van der Waals surface area contributed by atoms with Gasteiger partial charge in [-0.3, -0.25) is 9.78 Å². The first-order valence-electron chi connectivity index (χ1n) is 12.9. The number of rotatable bonds is 6. The van der Waals surface area contributed by atoms with Crippen molar-refractivity contribution in [2.24, 2.45) is 0 Å². The SMILES string of the molecule is C/C(O)=S(/Nc1ccc(C(=O)N2CCC(O)(Cc3ccccc3C)CC2)cc1)c1cccc2cccnc12. The number of para-hydroxylation sites is 1. The van der Waals surface area contributed by atoms with Crippen molar-refractivity contribution in [2.75, 3.05) is 17.8 Å². The summed E-state index contributed by atoms with van der Waals surface area (Å²) >= 11 is 0. The smallest absolute Gasteiger partial charge is 0.253 e.